The highest BCUT2D eigenvalue weighted by molar-refractivity contribution is 6.39. The first-order valence-electron chi connectivity index (χ1n) is 7.70. The molecule has 1 aromatic carbocycles. The largest absolute Gasteiger partial charge is 0.416 e. The first-order chi connectivity index (χ1) is 11.4. The monoisotopic (exact) mass is 339 g/mol. The van der Waals surface area contributed by atoms with Gasteiger partial charge >= 0.3 is 6.18 Å². The van der Waals surface area contributed by atoms with Crippen molar-refractivity contribution in [2.45, 2.75) is 37.9 Å². The van der Waals surface area contributed by atoms with Gasteiger partial charge in [0, 0.05) is 19.4 Å². The quantitative estimate of drug-likeness (QED) is 0.900. The van der Waals surface area contributed by atoms with E-state index in [9.17, 15) is 22.8 Å². The second kappa shape index (κ2) is 6.26. The first-order valence-corrected chi connectivity index (χ1v) is 7.70. The third kappa shape index (κ3) is 3.27. The van der Waals surface area contributed by atoms with E-state index < -0.39 is 11.7 Å². The third-order valence-electron chi connectivity index (χ3n) is 4.29. The number of nitrogens with zero attached hydrogens (tertiary/aromatic N) is 2. The van der Waals surface area contributed by atoms with Crippen LogP contribution >= 0.6 is 0 Å². The minimum Gasteiger partial charge on any atom is -0.331 e. The Hall–Kier alpha value is -2.38. The number of hydrazone groups is 1. The summed E-state index contributed by atoms with van der Waals surface area (Å²) < 4.78 is 38.0. The molecule has 1 saturated heterocycles. The average Bonchev–Trinajstić information content (AvgIpc) is 3.04. The Labute approximate surface area is 136 Å². The Balaban J connectivity index is 1.78. The van der Waals surface area contributed by atoms with Gasteiger partial charge in [0.25, 0.3) is 5.91 Å². The molecule has 1 fully saturated rings. The lowest BCUT2D eigenvalue weighted by Crippen LogP contribution is -2.39. The number of carbonyl (C=O) groups excluding carboxylic acids is 2. The van der Waals surface area contributed by atoms with Gasteiger partial charge in [-0.2, -0.15) is 18.3 Å². The van der Waals surface area contributed by atoms with Crippen LogP contribution in [0.2, 0.25) is 0 Å². The van der Waals surface area contributed by atoms with Gasteiger partial charge in [0.2, 0.25) is 5.91 Å². The van der Waals surface area contributed by atoms with Crippen LogP contribution in [0.3, 0.4) is 0 Å². The number of rotatable bonds is 2. The summed E-state index contributed by atoms with van der Waals surface area (Å²) in [6.45, 7) is 0.525. The normalized spacial score (nSPS) is 21.5. The lowest BCUT2D eigenvalue weighted by molar-refractivity contribution is -0.137. The number of benzene rings is 1. The van der Waals surface area contributed by atoms with Gasteiger partial charge in [0.05, 0.1) is 11.6 Å². The first kappa shape index (κ1) is 16.5. The molecule has 1 unspecified atom stereocenters. The number of halogens is 3. The SMILES string of the molecule is O=C1CCC(C(=O)N2CCCC2c2ccc(C(F)(F)F)cc2)=NN1. The maximum Gasteiger partial charge on any atom is 0.416 e. The summed E-state index contributed by atoms with van der Waals surface area (Å²) in [6.07, 6.45) is -2.42. The average molecular weight is 339 g/mol. The van der Waals surface area contributed by atoms with Crippen LogP contribution in [-0.2, 0) is 15.8 Å². The second-order valence-corrected chi connectivity index (χ2v) is 5.87. The van der Waals surface area contributed by atoms with Crippen molar-refractivity contribution in [3.8, 4) is 0 Å². The predicted molar refractivity (Wildman–Crippen MR) is 79.9 cm³/mol. The van der Waals surface area contributed by atoms with Crippen LogP contribution in [0.4, 0.5) is 13.2 Å². The Morgan fingerprint density at radius 1 is 1.21 bits per heavy atom. The van der Waals surface area contributed by atoms with Crippen LogP contribution in [0.5, 0.6) is 0 Å². The van der Waals surface area contributed by atoms with Crippen LogP contribution in [0, 0.1) is 0 Å². The molecular formula is C16H16F3N3O2. The fraction of sp³-hybridized carbons (Fsp3) is 0.438. The molecule has 2 heterocycles. The number of likely N-dealkylation sites (tertiary alicyclic amines) is 1. The summed E-state index contributed by atoms with van der Waals surface area (Å²) in [4.78, 5) is 25.3. The lowest BCUT2D eigenvalue weighted by atomic mass is 10.0. The molecule has 1 aromatic rings. The molecule has 2 amide bonds. The summed E-state index contributed by atoms with van der Waals surface area (Å²) in [7, 11) is 0. The predicted octanol–water partition coefficient (Wildman–Crippen LogP) is 2.63. The van der Waals surface area contributed by atoms with E-state index in [4.69, 9.17) is 0 Å². The maximum atomic E-state index is 12.7. The molecule has 0 aliphatic carbocycles. The standard InChI is InChI=1S/C16H16F3N3O2/c17-16(18,19)11-5-3-10(4-6-11)13-2-1-9-22(13)15(24)12-7-8-14(23)21-20-12/h3-6,13H,1-2,7-9H2,(H,21,23). The van der Waals surface area contributed by atoms with Gasteiger partial charge in [-0.25, -0.2) is 5.43 Å². The Kier molecular flexibility index (Phi) is 4.29. The minimum atomic E-state index is -4.38. The van der Waals surface area contributed by atoms with E-state index in [1.54, 1.807) is 4.90 Å². The zero-order valence-electron chi connectivity index (χ0n) is 12.8. The highest BCUT2D eigenvalue weighted by Crippen LogP contribution is 2.35. The molecule has 128 valence electrons. The molecule has 2 aliphatic rings. The van der Waals surface area contributed by atoms with Gasteiger partial charge in [-0.15, -0.1) is 0 Å². The lowest BCUT2D eigenvalue weighted by Gasteiger charge is -2.26. The van der Waals surface area contributed by atoms with Crippen LogP contribution in [-0.4, -0.2) is 29.0 Å². The Morgan fingerprint density at radius 2 is 1.92 bits per heavy atom. The van der Waals surface area contributed by atoms with Crippen molar-refractivity contribution in [3.05, 3.63) is 35.4 Å². The van der Waals surface area contributed by atoms with Crippen LogP contribution in [0.1, 0.15) is 42.9 Å². The molecule has 8 heteroatoms. The molecule has 0 radical (unpaired) electrons. The number of hydrogen-bond donors (Lipinski definition) is 1. The van der Waals surface area contributed by atoms with E-state index in [0.29, 0.717) is 18.5 Å². The second-order valence-electron chi connectivity index (χ2n) is 5.87. The molecule has 1 N–H and O–H groups in total. The number of alkyl halides is 3. The maximum absolute atomic E-state index is 12.7. The van der Waals surface area contributed by atoms with Gasteiger partial charge < -0.3 is 4.90 Å². The van der Waals surface area contributed by atoms with Gasteiger partial charge in [-0.1, -0.05) is 12.1 Å². The molecule has 5 nitrogen and oxygen atoms in total. The van der Waals surface area contributed by atoms with Gasteiger partial charge in [-0.05, 0) is 30.5 Å². The third-order valence-corrected chi connectivity index (χ3v) is 4.29. The van der Waals surface area contributed by atoms with Gasteiger partial charge in [0.15, 0.2) is 0 Å². The van der Waals surface area contributed by atoms with Crippen LogP contribution < -0.4 is 5.43 Å². The molecule has 3 rings (SSSR count). The summed E-state index contributed by atoms with van der Waals surface area (Å²) in [5.41, 5.74) is 2.55. The summed E-state index contributed by atoms with van der Waals surface area (Å²) >= 11 is 0. The highest BCUT2D eigenvalue weighted by atomic mass is 19.4. The van der Waals surface area contributed by atoms with E-state index in [-0.39, 0.29) is 36.4 Å². The zero-order valence-corrected chi connectivity index (χ0v) is 12.8. The molecule has 0 bridgehead atoms. The molecule has 0 spiro atoms. The van der Waals surface area contributed by atoms with Crippen molar-refractivity contribution in [2.24, 2.45) is 5.10 Å². The molecule has 2 aliphatic heterocycles. The van der Waals surface area contributed by atoms with Crippen molar-refractivity contribution < 1.29 is 22.8 Å². The minimum absolute atomic E-state index is 0.212. The fourth-order valence-corrected chi connectivity index (χ4v) is 3.04. The van der Waals surface area contributed by atoms with Crippen molar-refractivity contribution >= 4 is 17.5 Å². The number of hydrogen-bond acceptors (Lipinski definition) is 3. The van der Waals surface area contributed by atoms with E-state index in [1.165, 1.54) is 12.1 Å². The van der Waals surface area contributed by atoms with Crippen molar-refractivity contribution in [2.75, 3.05) is 6.54 Å². The molecule has 0 aromatic heterocycles. The van der Waals surface area contributed by atoms with E-state index >= 15 is 0 Å². The molecular weight excluding hydrogens is 323 g/mol. The van der Waals surface area contributed by atoms with Gasteiger partial charge in [0.1, 0.15) is 5.71 Å². The highest BCUT2D eigenvalue weighted by Gasteiger charge is 2.34. The number of carbonyl (C=O) groups is 2. The summed E-state index contributed by atoms with van der Waals surface area (Å²) in [6, 6.07) is 4.65. The van der Waals surface area contributed by atoms with Crippen molar-refractivity contribution in [3.63, 3.8) is 0 Å². The van der Waals surface area contributed by atoms with Crippen molar-refractivity contribution in [1.29, 1.82) is 0 Å². The zero-order chi connectivity index (χ0) is 17.3. The summed E-state index contributed by atoms with van der Waals surface area (Å²) in [5.74, 6) is -0.496. The fourth-order valence-electron chi connectivity index (χ4n) is 3.04. The summed E-state index contributed by atoms with van der Waals surface area (Å²) in [5, 5.41) is 3.81. The van der Waals surface area contributed by atoms with E-state index in [0.717, 1.165) is 18.6 Å². The van der Waals surface area contributed by atoms with Crippen LogP contribution in [0.15, 0.2) is 29.4 Å². The topological polar surface area (TPSA) is 61.8 Å². The molecule has 0 saturated carbocycles. The number of amides is 2. The van der Waals surface area contributed by atoms with Crippen LogP contribution in [0.25, 0.3) is 0 Å². The molecule has 24 heavy (non-hydrogen) atoms. The van der Waals surface area contributed by atoms with Crippen molar-refractivity contribution in [1.82, 2.24) is 10.3 Å². The van der Waals surface area contributed by atoms with Gasteiger partial charge in [-0.3, -0.25) is 9.59 Å². The Bertz CT molecular complexity index is 683. The number of nitrogens with one attached hydrogen (secondary N) is 1. The van der Waals surface area contributed by atoms with E-state index in [2.05, 4.69) is 10.5 Å². The van der Waals surface area contributed by atoms with E-state index in [1.807, 2.05) is 0 Å². The Morgan fingerprint density at radius 3 is 2.50 bits per heavy atom. The molecule has 1 atom stereocenters. The smallest absolute Gasteiger partial charge is 0.331 e.